The fraction of sp³-hybridized carbons (Fsp3) is 0.571. The summed E-state index contributed by atoms with van der Waals surface area (Å²) in [4.78, 5) is 0.780. The highest BCUT2D eigenvalue weighted by Crippen LogP contribution is 2.21. The molecule has 100 valence electrons. The SMILES string of the molecule is Cc1ccc(N)c(S(=O)CCCC2CCCO2)c1. The van der Waals surface area contributed by atoms with Crippen LogP contribution in [0.3, 0.4) is 0 Å². The molecule has 0 aromatic heterocycles. The highest BCUT2D eigenvalue weighted by atomic mass is 32.2. The summed E-state index contributed by atoms with van der Waals surface area (Å²) >= 11 is 0. The van der Waals surface area contributed by atoms with Gasteiger partial charge in [0.2, 0.25) is 0 Å². The Kier molecular flexibility index (Phi) is 4.78. The van der Waals surface area contributed by atoms with Crippen LogP contribution in [0.5, 0.6) is 0 Å². The van der Waals surface area contributed by atoms with Gasteiger partial charge in [0.1, 0.15) is 0 Å². The molecule has 4 heteroatoms. The average Bonchev–Trinajstić information content (AvgIpc) is 2.85. The number of nitrogens with two attached hydrogens (primary N) is 1. The Balaban J connectivity index is 1.85. The van der Waals surface area contributed by atoms with Gasteiger partial charge in [-0.05, 0) is 50.3 Å². The van der Waals surface area contributed by atoms with Gasteiger partial charge in [0.15, 0.2) is 0 Å². The van der Waals surface area contributed by atoms with Crippen molar-refractivity contribution >= 4 is 16.5 Å². The van der Waals surface area contributed by atoms with E-state index in [1.165, 1.54) is 6.42 Å². The maximum absolute atomic E-state index is 12.2. The molecule has 1 aromatic rings. The average molecular weight is 267 g/mol. The molecular formula is C14H21NO2S. The summed E-state index contributed by atoms with van der Waals surface area (Å²) in [6.07, 6.45) is 4.65. The monoisotopic (exact) mass is 267 g/mol. The van der Waals surface area contributed by atoms with Crippen molar-refractivity contribution in [2.75, 3.05) is 18.1 Å². The van der Waals surface area contributed by atoms with E-state index in [1.54, 1.807) is 0 Å². The van der Waals surface area contributed by atoms with Crippen molar-refractivity contribution in [3.8, 4) is 0 Å². The molecule has 0 spiro atoms. The number of hydrogen-bond donors (Lipinski definition) is 1. The van der Waals surface area contributed by atoms with Crippen molar-refractivity contribution in [1.29, 1.82) is 0 Å². The van der Waals surface area contributed by atoms with E-state index in [2.05, 4.69) is 0 Å². The molecule has 1 aliphatic rings. The van der Waals surface area contributed by atoms with Gasteiger partial charge >= 0.3 is 0 Å². The second-order valence-corrected chi connectivity index (χ2v) is 6.41. The van der Waals surface area contributed by atoms with Crippen molar-refractivity contribution in [1.82, 2.24) is 0 Å². The summed E-state index contributed by atoms with van der Waals surface area (Å²) in [5.74, 6) is 0.674. The van der Waals surface area contributed by atoms with Gasteiger partial charge in [-0.2, -0.15) is 0 Å². The maximum atomic E-state index is 12.2. The lowest BCUT2D eigenvalue weighted by molar-refractivity contribution is 0.104. The number of hydrogen-bond acceptors (Lipinski definition) is 3. The summed E-state index contributed by atoms with van der Waals surface area (Å²) in [6, 6.07) is 5.71. The number of benzene rings is 1. The zero-order valence-corrected chi connectivity index (χ0v) is 11.7. The number of nitrogen functional groups attached to an aromatic ring is 1. The van der Waals surface area contributed by atoms with E-state index in [1.807, 2.05) is 25.1 Å². The first-order valence-electron chi connectivity index (χ1n) is 6.53. The second kappa shape index (κ2) is 6.34. The van der Waals surface area contributed by atoms with Crippen LogP contribution >= 0.6 is 0 Å². The Bertz CT molecular complexity index is 428. The first-order valence-corrected chi connectivity index (χ1v) is 7.85. The first kappa shape index (κ1) is 13.6. The summed E-state index contributed by atoms with van der Waals surface area (Å²) in [5.41, 5.74) is 7.61. The van der Waals surface area contributed by atoms with Crippen molar-refractivity contribution in [3.05, 3.63) is 23.8 Å². The van der Waals surface area contributed by atoms with Gasteiger partial charge in [-0.3, -0.25) is 4.21 Å². The Morgan fingerprint density at radius 1 is 1.50 bits per heavy atom. The second-order valence-electron chi connectivity index (χ2n) is 4.87. The van der Waals surface area contributed by atoms with Crippen LogP contribution in [-0.4, -0.2) is 22.7 Å². The molecule has 1 heterocycles. The van der Waals surface area contributed by atoms with Crippen LogP contribution in [0.15, 0.2) is 23.1 Å². The van der Waals surface area contributed by atoms with Crippen LogP contribution in [0.4, 0.5) is 5.69 Å². The smallest absolute Gasteiger partial charge is 0.0620 e. The minimum absolute atomic E-state index is 0.386. The summed E-state index contributed by atoms with van der Waals surface area (Å²) in [7, 11) is -0.986. The molecule has 0 radical (unpaired) electrons. The quantitative estimate of drug-likeness (QED) is 0.834. The molecule has 2 atom stereocenters. The molecule has 1 fully saturated rings. The molecule has 3 nitrogen and oxygen atoms in total. The third-order valence-electron chi connectivity index (χ3n) is 3.29. The van der Waals surface area contributed by atoms with Gasteiger partial charge in [0.25, 0.3) is 0 Å². The van der Waals surface area contributed by atoms with Crippen molar-refractivity contribution in [2.24, 2.45) is 0 Å². The Morgan fingerprint density at radius 2 is 2.33 bits per heavy atom. The molecule has 18 heavy (non-hydrogen) atoms. The fourth-order valence-corrected chi connectivity index (χ4v) is 3.56. The van der Waals surface area contributed by atoms with Crippen LogP contribution in [0.2, 0.25) is 0 Å². The van der Waals surface area contributed by atoms with Crippen LogP contribution in [-0.2, 0) is 15.5 Å². The molecule has 2 N–H and O–H groups in total. The highest BCUT2D eigenvalue weighted by Gasteiger charge is 2.16. The van der Waals surface area contributed by atoms with E-state index in [9.17, 15) is 4.21 Å². The number of aryl methyl sites for hydroxylation is 1. The number of rotatable bonds is 5. The molecule has 2 unspecified atom stereocenters. The van der Waals surface area contributed by atoms with Gasteiger partial charge < -0.3 is 10.5 Å². The Morgan fingerprint density at radius 3 is 3.06 bits per heavy atom. The molecule has 0 amide bonds. The third kappa shape index (κ3) is 3.56. The van der Waals surface area contributed by atoms with Gasteiger partial charge in [-0.25, -0.2) is 0 Å². The van der Waals surface area contributed by atoms with Crippen LogP contribution < -0.4 is 5.73 Å². The first-order chi connectivity index (χ1) is 8.66. The van der Waals surface area contributed by atoms with Crippen molar-refractivity contribution in [2.45, 2.75) is 43.6 Å². The van der Waals surface area contributed by atoms with Crippen molar-refractivity contribution < 1.29 is 8.95 Å². The van der Waals surface area contributed by atoms with E-state index >= 15 is 0 Å². The molecule has 1 aromatic carbocycles. The van der Waals surface area contributed by atoms with Crippen LogP contribution in [0, 0.1) is 6.92 Å². The minimum atomic E-state index is -0.986. The normalized spacial score (nSPS) is 21.1. The van der Waals surface area contributed by atoms with E-state index in [4.69, 9.17) is 10.5 Å². The zero-order chi connectivity index (χ0) is 13.0. The number of ether oxygens (including phenoxy) is 1. The van der Waals surface area contributed by atoms with E-state index in [-0.39, 0.29) is 0 Å². The van der Waals surface area contributed by atoms with Crippen molar-refractivity contribution in [3.63, 3.8) is 0 Å². The zero-order valence-electron chi connectivity index (χ0n) is 10.9. The van der Waals surface area contributed by atoms with E-state index in [0.29, 0.717) is 17.5 Å². The van der Waals surface area contributed by atoms with Gasteiger partial charge in [0, 0.05) is 18.0 Å². The van der Waals surface area contributed by atoms with Crippen LogP contribution in [0.25, 0.3) is 0 Å². The largest absolute Gasteiger partial charge is 0.398 e. The molecule has 2 rings (SSSR count). The van der Waals surface area contributed by atoms with Gasteiger partial charge in [0.05, 0.1) is 21.8 Å². The standard InChI is InChI=1S/C14H21NO2S/c1-11-6-7-13(15)14(10-11)18(16)9-3-5-12-4-2-8-17-12/h6-7,10,12H,2-5,8-9,15H2,1H3. The van der Waals surface area contributed by atoms with Gasteiger partial charge in [-0.15, -0.1) is 0 Å². The lowest BCUT2D eigenvalue weighted by Crippen LogP contribution is -2.08. The molecular weight excluding hydrogens is 246 g/mol. The molecule has 0 aliphatic carbocycles. The predicted octanol–water partition coefficient (Wildman–Crippen LogP) is 2.64. The lowest BCUT2D eigenvalue weighted by atomic mass is 10.1. The fourth-order valence-electron chi connectivity index (χ4n) is 2.26. The van der Waals surface area contributed by atoms with Gasteiger partial charge in [-0.1, -0.05) is 6.07 Å². The van der Waals surface area contributed by atoms with E-state index < -0.39 is 10.8 Å². The van der Waals surface area contributed by atoms with E-state index in [0.717, 1.165) is 36.3 Å². The summed E-state index contributed by atoms with van der Waals surface area (Å²) in [6.45, 7) is 2.88. The molecule has 0 saturated carbocycles. The summed E-state index contributed by atoms with van der Waals surface area (Å²) in [5, 5.41) is 0. The molecule has 0 bridgehead atoms. The minimum Gasteiger partial charge on any atom is -0.398 e. The highest BCUT2D eigenvalue weighted by molar-refractivity contribution is 7.85. The number of anilines is 1. The topological polar surface area (TPSA) is 52.3 Å². The Labute approximate surface area is 111 Å². The Hall–Kier alpha value is -0.870. The lowest BCUT2D eigenvalue weighted by Gasteiger charge is -2.10. The van der Waals surface area contributed by atoms with Crippen LogP contribution in [0.1, 0.15) is 31.2 Å². The molecule has 1 saturated heterocycles. The summed E-state index contributed by atoms with van der Waals surface area (Å²) < 4.78 is 17.7. The third-order valence-corrected chi connectivity index (χ3v) is 4.80. The maximum Gasteiger partial charge on any atom is 0.0620 e. The molecule has 1 aliphatic heterocycles. The predicted molar refractivity (Wildman–Crippen MR) is 75.1 cm³/mol.